The summed E-state index contributed by atoms with van der Waals surface area (Å²) in [7, 11) is 0. The largest absolute Gasteiger partial charge is 0.462 e. The fourth-order valence-corrected chi connectivity index (χ4v) is 5.99. The Morgan fingerprint density at radius 2 is 0.719 bits per heavy atom. The third-order valence-corrected chi connectivity index (χ3v) is 9.48. The van der Waals surface area contributed by atoms with Gasteiger partial charge in [-0.2, -0.15) is 0 Å². The molecule has 0 heterocycles. The van der Waals surface area contributed by atoms with E-state index in [9.17, 15) is 14.4 Å². The maximum Gasteiger partial charge on any atom is 0.306 e. The number of rotatable bonds is 40. The lowest BCUT2D eigenvalue weighted by molar-refractivity contribution is -0.167. The minimum absolute atomic E-state index is 0.115. The van der Waals surface area contributed by atoms with Crippen LogP contribution in [0.3, 0.4) is 0 Å². The van der Waals surface area contributed by atoms with Gasteiger partial charge in [-0.3, -0.25) is 14.4 Å². The molecule has 0 aliphatic rings. The summed E-state index contributed by atoms with van der Waals surface area (Å²) in [5.41, 5.74) is 0. The quantitative estimate of drug-likeness (QED) is 0.0202. The molecule has 0 aromatic carbocycles. The Kier molecular flexibility index (Phi) is 42.6. The Bertz CT molecular complexity index is 1140. The predicted octanol–water partition coefficient (Wildman–Crippen LogP) is 14.9. The van der Waals surface area contributed by atoms with E-state index in [4.69, 9.17) is 14.2 Å². The Labute approximate surface area is 350 Å². The summed E-state index contributed by atoms with van der Waals surface area (Å²) in [6, 6.07) is 0. The molecule has 6 nitrogen and oxygen atoms in total. The monoisotopic (exact) mass is 793 g/mol. The number of hydrogen-bond donors (Lipinski definition) is 0. The number of ether oxygens (including phenoxy) is 3. The number of unbranched alkanes of at least 4 members (excludes halogenated alkanes) is 19. The van der Waals surface area contributed by atoms with Crippen molar-refractivity contribution < 1.29 is 28.6 Å². The standard InChI is InChI=1S/C51H84O6/c1-4-7-10-13-16-19-22-25-27-29-32-35-38-41-44-50(53)56-47-48(46-55-49(52)43-40-37-34-31-28-24-21-18-15-12-9-6-3)57-51(54)45-42-39-36-33-30-26-23-20-17-14-11-8-5-2/h8,11,14,17-18,20-21,23,26-27,29-30,33,36,48H,4-7,9-10,12-13,15-16,19,22,24-25,28,31-32,34-35,37-47H2,1-3H3/b11-8-,17-14-,21-18-,23-20-,29-27-,30-26-,36-33-. The predicted molar refractivity (Wildman–Crippen MR) is 242 cm³/mol. The van der Waals surface area contributed by atoms with E-state index in [0.717, 1.165) is 77.0 Å². The van der Waals surface area contributed by atoms with Gasteiger partial charge in [0.15, 0.2) is 6.10 Å². The van der Waals surface area contributed by atoms with Gasteiger partial charge in [0.2, 0.25) is 0 Å². The molecule has 1 atom stereocenters. The van der Waals surface area contributed by atoms with E-state index >= 15 is 0 Å². The third-order valence-electron chi connectivity index (χ3n) is 9.48. The summed E-state index contributed by atoms with van der Waals surface area (Å²) >= 11 is 0. The number of esters is 3. The molecule has 0 fully saturated rings. The van der Waals surface area contributed by atoms with Crippen molar-refractivity contribution in [3.05, 3.63) is 85.1 Å². The average Bonchev–Trinajstić information content (AvgIpc) is 3.21. The van der Waals surface area contributed by atoms with Crippen molar-refractivity contribution in [2.45, 2.75) is 207 Å². The van der Waals surface area contributed by atoms with Crippen LogP contribution in [0.25, 0.3) is 0 Å². The topological polar surface area (TPSA) is 78.9 Å². The molecule has 57 heavy (non-hydrogen) atoms. The van der Waals surface area contributed by atoms with Crippen LogP contribution in [0.5, 0.6) is 0 Å². The van der Waals surface area contributed by atoms with Crippen LogP contribution in [-0.2, 0) is 28.6 Å². The summed E-state index contributed by atoms with van der Waals surface area (Å²) < 4.78 is 16.6. The molecule has 324 valence electrons. The molecule has 0 radical (unpaired) electrons. The van der Waals surface area contributed by atoms with E-state index in [1.807, 2.05) is 54.7 Å². The molecule has 0 N–H and O–H groups in total. The van der Waals surface area contributed by atoms with Crippen LogP contribution in [-0.4, -0.2) is 37.2 Å². The van der Waals surface area contributed by atoms with Crippen molar-refractivity contribution in [1.29, 1.82) is 0 Å². The van der Waals surface area contributed by atoms with Gasteiger partial charge in [-0.25, -0.2) is 0 Å². The van der Waals surface area contributed by atoms with Crippen LogP contribution in [0.4, 0.5) is 0 Å². The second-order valence-corrected chi connectivity index (χ2v) is 15.0. The Morgan fingerprint density at radius 3 is 1.21 bits per heavy atom. The van der Waals surface area contributed by atoms with Crippen molar-refractivity contribution in [1.82, 2.24) is 0 Å². The van der Waals surface area contributed by atoms with E-state index in [1.54, 1.807) is 0 Å². The molecule has 1 unspecified atom stereocenters. The van der Waals surface area contributed by atoms with Gasteiger partial charge in [-0.1, -0.05) is 183 Å². The van der Waals surface area contributed by atoms with Crippen molar-refractivity contribution in [3.63, 3.8) is 0 Å². The number of carbonyl (C=O) groups excluding carboxylic acids is 3. The smallest absolute Gasteiger partial charge is 0.306 e. The molecule has 0 aromatic rings. The van der Waals surface area contributed by atoms with Crippen molar-refractivity contribution in [2.24, 2.45) is 0 Å². The molecule has 0 spiro atoms. The zero-order valence-electron chi connectivity index (χ0n) is 36.8. The molecule has 6 heteroatoms. The highest BCUT2D eigenvalue weighted by Crippen LogP contribution is 2.12. The van der Waals surface area contributed by atoms with E-state index < -0.39 is 12.1 Å². The van der Waals surface area contributed by atoms with Gasteiger partial charge in [0.25, 0.3) is 0 Å². The molecular formula is C51H84O6. The average molecular weight is 793 g/mol. The Balaban J connectivity index is 4.54. The summed E-state index contributed by atoms with van der Waals surface area (Å²) in [5, 5.41) is 0. The van der Waals surface area contributed by atoms with Crippen LogP contribution >= 0.6 is 0 Å². The van der Waals surface area contributed by atoms with Crippen LogP contribution in [0.1, 0.15) is 201 Å². The van der Waals surface area contributed by atoms with Crippen LogP contribution in [0, 0.1) is 0 Å². The molecule has 0 bridgehead atoms. The van der Waals surface area contributed by atoms with Gasteiger partial charge in [-0.05, 0) is 83.5 Å². The molecule has 0 aromatic heterocycles. The lowest BCUT2D eigenvalue weighted by atomic mass is 10.1. The maximum atomic E-state index is 12.7. The molecule has 0 saturated carbocycles. The zero-order valence-corrected chi connectivity index (χ0v) is 36.8. The highest BCUT2D eigenvalue weighted by atomic mass is 16.6. The molecule has 0 aliphatic carbocycles. The number of carbonyl (C=O) groups is 3. The van der Waals surface area contributed by atoms with Crippen LogP contribution in [0.15, 0.2) is 85.1 Å². The Morgan fingerprint density at radius 1 is 0.368 bits per heavy atom. The molecule has 0 saturated heterocycles. The highest BCUT2D eigenvalue weighted by molar-refractivity contribution is 5.71. The van der Waals surface area contributed by atoms with Gasteiger partial charge in [0.1, 0.15) is 13.2 Å². The van der Waals surface area contributed by atoms with E-state index in [0.29, 0.717) is 19.3 Å². The van der Waals surface area contributed by atoms with Gasteiger partial charge < -0.3 is 14.2 Å². The fourth-order valence-electron chi connectivity index (χ4n) is 5.99. The third kappa shape index (κ3) is 43.6. The summed E-state index contributed by atoms with van der Waals surface area (Å²) in [6.45, 7) is 6.36. The van der Waals surface area contributed by atoms with Gasteiger partial charge in [-0.15, -0.1) is 0 Å². The normalized spacial score (nSPS) is 12.8. The van der Waals surface area contributed by atoms with Crippen LogP contribution in [0.2, 0.25) is 0 Å². The lowest BCUT2D eigenvalue weighted by Gasteiger charge is -2.18. The minimum atomic E-state index is -0.821. The zero-order chi connectivity index (χ0) is 41.5. The van der Waals surface area contributed by atoms with E-state index in [1.165, 1.54) is 77.0 Å². The van der Waals surface area contributed by atoms with Gasteiger partial charge >= 0.3 is 17.9 Å². The molecular weight excluding hydrogens is 709 g/mol. The van der Waals surface area contributed by atoms with Crippen molar-refractivity contribution in [3.8, 4) is 0 Å². The van der Waals surface area contributed by atoms with Gasteiger partial charge in [0.05, 0.1) is 0 Å². The number of allylic oxidation sites excluding steroid dienone is 14. The van der Waals surface area contributed by atoms with E-state index in [-0.39, 0.29) is 31.6 Å². The number of hydrogen-bond acceptors (Lipinski definition) is 6. The molecule has 0 aliphatic heterocycles. The first-order chi connectivity index (χ1) is 28.0. The second-order valence-electron chi connectivity index (χ2n) is 15.0. The Hall–Kier alpha value is -3.41. The first kappa shape index (κ1) is 53.6. The summed E-state index contributed by atoms with van der Waals surface area (Å²) in [4.78, 5) is 37.7. The first-order valence-corrected chi connectivity index (χ1v) is 23.2. The highest BCUT2D eigenvalue weighted by Gasteiger charge is 2.19. The SMILES string of the molecule is CC\C=C/C=C\C=C/C=C\C=C/CCCC(=O)OC(COC(=O)CCCCC/C=C\CCCCCCCCC)COC(=O)CCCCCCC/C=C\CCCCC. The first-order valence-electron chi connectivity index (χ1n) is 23.2. The maximum absolute atomic E-state index is 12.7. The van der Waals surface area contributed by atoms with E-state index in [2.05, 4.69) is 51.2 Å². The summed E-state index contributed by atoms with van der Waals surface area (Å²) in [5.74, 6) is -1.02. The molecule has 0 amide bonds. The van der Waals surface area contributed by atoms with Crippen LogP contribution < -0.4 is 0 Å². The minimum Gasteiger partial charge on any atom is -0.462 e. The second kappa shape index (κ2) is 45.3. The van der Waals surface area contributed by atoms with Crippen molar-refractivity contribution >= 4 is 17.9 Å². The summed E-state index contributed by atoms with van der Waals surface area (Å²) in [6.07, 6.45) is 57.1. The van der Waals surface area contributed by atoms with Gasteiger partial charge in [0, 0.05) is 19.3 Å². The fraction of sp³-hybridized carbons (Fsp3) is 0.667. The van der Waals surface area contributed by atoms with Crippen molar-refractivity contribution in [2.75, 3.05) is 13.2 Å². The molecule has 0 rings (SSSR count). The lowest BCUT2D eigenvalue weighted by Crippen LogP contribution is -2.30.